The standard InChI is InChI=1S/C9H23OP/c1-5-8-9-11(4,10,6-2)7-3/h10H,5-9H2,1-4H3. The van der Waals surface area contributed by atoms with E-state index in [9.17, 15) is 4.89 Å². The Morgan fingerprint density at radius 2 is 1.55 bits per heavy atom. The molecule has 0 bridgehead atoms. The topological polar surface area (TPSA) is 20.2 Å². The van der Waals surface area contributed by atoms with Gasteiger partial charge in [-0.2, -0.15) is 0 Å². The van der Waals surface area contributed by atoms with Crippen LogP contribution in [0.3, 0.4) is 0 Å². The minimum atomic E-state index is -2.18. The molecule has 0 rings (SSSR count). The van der Waals surface area contributed by atoms with Gasteiger partial charge in [-0.3, -0.25) is 0 Å². The van der Waals surface area contributed by atoms with Crippen LogP contribution in [0.15, 0.2) is 0 Å². The molecule has 0 aliphatic rings. The van der Waals surface area contributed by atoms with Crippen molar-refractivity contribution in [3.63, 3.8) is 0 Å². The molecular weight excluding hydrogens is 155 g/mol. The van der Waals surface area contributed by atoms with Crippen LogP contribution in [0.25, 0.3) is 0 Å². The Labute approximate surface area is 71.2 Å². The van der Waals surface area contributed by atoms with E-state index >= 15 is 0 Å². The summed E-state index contributed by atoms with van der Waals surface area (Å²) in [6, 6.07) is 0. The molecule has 70 valence electrons. The van der Waals surface area contributed by atoms with E-state index in [-0.39, 0.29) is 0 Å². The fourth-order valence-electron chi connectivity index (χ4n) is 1.15. The van der Waals surface area contributed by atoms with E-state index in [1.807, 2.05) is 0 Å². The molecule has 0 atom stereocenters. The Bertz CT molecular complexity index is 113. The molecule has 11 heavy (non-hydrogen) atoms. The molecule has 1 N–H and O–H groups in total. The quantitative estimate of drug-likeness (QED) is 0.642. The van der Waals surface area contributed by atoms with Crippen molar-refractivity contribution in [2.75, 3.05) is 25.2 Å². The molecular formula is C9H23OP. The molecule has 0 saturated heterocycles. The third-order valence-corrected chi connectivity index (χ3v) is 8.18. The normalized spacial score (nSPS) is 15.9. The van der Waals surface area contributed by atoms with Crippen molar-refractivity contribution in [1.29, 1.82) is 0 Å². The van der Waals surface area contributed by atoms with Gasteiger partial charge in [0.15, 0.2) is 0 Å². The number of unbranched alkanes of at least 4 members (excludes halogenated alkanes) is 1. The average molecular weight is 178 g/mol. The van der Waals surface area contributed by atoms with Crippen LogP contribution in [0.4, 0.5) is 0 Å². The molecule has 0 aromatic rings. The zero-order chi connectivity index (χ0) is 8.98. The Balaban J connectivity index is 4.09. The first kappa shape index (κ1) is 11.4. The maximum atomic E-state index is 10.4. The summed E-state index contributed by atoms with van der Waals surface area (Å²) in [6.45, 7) is 6.36. The Morgan fingerprint density at radius 1 is 1.09 bits per heavy atom. The first-order valence-corrected chi connectivity index (χ1v) is 7.91. The third-order valence-electron chi connectivity index (χ3n) is 2.96. The summed E-state index contributed by atoms with van der Waals surface area (Å²) >= 11 is 0. The summed E-state index contributed by atoms with van der Waals surface area (Å²) in [4.78, 5) is 10.4. The average Bonchev–Trinajstić information content (AvgIpc) is 2.02. The van der Waals surface area contributed by atoms with E-state index < -0.39 is 6.83 Å². The van der Waals surface area contributed by atoms with Gasteiger partial charge in [-0.15, -0.1) is 0 Å². The van der Waals surface area contributed by atoms with Gasteiger partial charge in [0.1, 0.15) is 0 Å². The van der Waals surface area contributed by atoms with Crippen molar-refractivity contribution in [3.8, 4) is 0 Å². The van der Waals surface area contributed by atoms with Crippen LogP contribution in [0.1, 0.15) is 33.6 Å². The zero-order valence-corrected chi connectivity index (χ0v) is 9.32. The van der Waals surface area contributed by atoms with E-state index in [4.69, 9.17) is 0 Å². The van der Waals surface area contributed by atoms with Gasteiger partial charge in [-0.25, -0.2) is 0 Å². The van der Waals surface area contributed by atoms with Crippen molar-refractivity contribution in [1.82, 2.24) is 0 Å². The van der Waals surface area contributed by atoms with Crippen LogP contribution >= 0.6 is 6.83 Å². The molecule has 1 nitrogen and oxygen atoms in total. The van der Waals surface area contributed by atoms with E-state index in [2.05, 4.69) is 27.4 Å². The number of rotatable bonds is 5. The molecule has 0 fully saturated rings. The number of hydrogen-bond donors (Lipinski definition) is 1. The predicted molar refractivity (Wildman–Crippen MR) is 55.9 cm³/mol. The molecule has 0 spiro atoms. The molecule has 0 aliphatic carbocycles. The summed E-state index contributed by atoms with van der Waals surface area (Å²) in [6.07, 6.45) is 5.43. The SMILES string of the molecule is CCCCP(C)(O)(CC)CC. The van der Waals surface area contributed by atoms with Crippen molar-refractivity contribution in [2.24, 2.45) is 0 Å². The summed E-state index contributed by atoms with van der Waals surface area (Å²) in [5, 5.41) is 0. The molecule has 0 saturated carbocycles. The summed E-state index contributed by atoms with van der Waals surface area (Å²) in [5.41, 5.74) is 0. The van der Waals surface area contributed by atoms with Gasteiger partial charge in [0.25, 0.3) is 0 Å². The van der Waals surface area contributed by atoms with E-state index in [1.54, 1.807) is 0 Å². The first-order chi connectivity index (χ1) is 4.96. The minimum absolute atomic E-state index is 0.988. The Hall–Kier alpha value is 0.390. The van der Waals surface area contributed by atoms with Crippen molar-refractivity contribution in [3.05, 3.63) is 0 Å². The van der Waals surface area contributed by atoms with Crippen molar-refractivity contribution >= 4 is 6.83 Å². The van der Waals surface area contributed by atoms with Gasteiger partial charge in [-0.05, 0) is 0 Å². The van der Waals surface area contributed by atoms with Gasteiger partial charge < -0.3 is 0 Å². The first-order valence-electron chi connectivity index (χ1n) is 4.72. The Kier molecular flexibility index (Phi) is 4.00. The second kappa shape index (κ2) is 3.87. The maximum absolute atomic E-state index is 10.4. The van der Waals surface area contributed by atoms with Crippen LogP contribution in [-0.2, 0) is 0 Å². The van der Waals surface area contributed by atoms with Crippen LogP contribution in [0, 0.1) is 0 Å². The summed E-state index contributed by atoms with van der Waals surface area (Å²) < 4.78 is 0. The van der Waals surface area contributed by atoms with Gasteiger partial charge in [0, 0.05) is 0 Å². The van der Waals surface area contributed by atoms with Gasteiger partial charge in [0.05, 0.1) is 0 Å². The second-order valence-electron chi connectivity index (χ2n) is 3.95. The van der Waals surface area contributed by atoms with Crippen molar-refractivity contribution < 1.29 is 4.89 Å². The summed E-state index contributed by atoms with van der Waals surface area (Å²) in [7, 11) is 0. The monoisotopic (exact) mass is 178 g/mol. The van der Waals surface area contributed by atoms with E-state index in [0.717, 1.165) is 18.5 Å². The van der Waals surface area contributed by atoms with Crippen LogP contribution < -0.4 is 0 Å². The molecule has 0 aromatic carbocycles. The van der Waals surface area contributed by atoms with Gasteiger partial charge in [0.2, 0.25) is 0 Å². The van der Waals surface area contributed by atoms with Crippen LogP contribution in [0.5, 0.6) is 0 Å². The van der Waals surface area contributed by atoms with Gasteiger partial charge in [-0.1, -0.05) is 0 Å². The molecule has 0 aromatic heterocycles. The third kappa shape index (κ3) is 3.53. The molecule has 0 amide bonds. The second-order valence-corrected chi connectivity index (χ2v) is 10.2. The molecule has 0 aliphatic heterocycles. The fourth-order valence-corrected chi connectivity index (χ4v) is 3.45. The van der Waals surface area contributed by atoms with Gasteiger partial charge >= 0.3 is 70.5 Å². The molecule has 0 heterocycles. The number of hydrogen-bond acceptors (Lipinski definition) is 1. The molecule has 2 heteroatoms. The van der Waals surface area contributed by atoms with E-state index in [1.165, 1.54) is 12.8 Å². The van der Waals surface area contributed by atoms with Crippen molar-refractivity contribution in [2.45, 2.75) is 33.6 Å². The Morgan fingerprint density at radius 3 is 1.82 bits per heavy atom. The zero-order valence-electron chi connectivity index (χ0n) is 8.43. The molecule has 0 unspecified atom stereocenters. The van der Waals surface area contributed by atoms with E-state index in [0.29, 0.717) is 0 Å². The molecule has 0 radical (unpaired) electrons. The fraction of sp³-hybridized carbons (Fsp3) is 1.00. The van der Waals surface area contributed by atoms with Crippen LogP contribution in [-0.4, -0.2) is 30.0 Å². The summed E-state index contributed by atoms with van der Waals surface area (Å²) in [5.74, 6) is 0. The van der Waals surface area contributed by atoms with Crippen LogP contribution in [0.2, 0.25) is 0 Å². The predicted octanol–water partition coefficient (Wildman–Crippen LogP) is 2.92.